The molecule has 0 unspecified atom stereocenters. The van der Waals surface area contributed by atoms with Crippen LogP contribution in [-0.2, 0) is 16.1 Å². The Hall–Kier alpha value is -3.20. The number of para-hydroxylation sites is 1. The van der Waals surface area contributed by atoms with E-state index in [9.17, 15) is 19.7 Å². The fraction of sp³-hybridized carbons (Fsp3) is 0.188. The maximum atomic E-state index is 12.3. The van der Waals surface area contributed by atoms with Crippen LogP contribution in [0.2, 0.25) is 0 Å². The topological polar surface area (TPSA) is 118 Å². The number of carbonyl (C=O) groups excluding carboxylic acids is 2. The lowest BCUT2D eigenvalue weighted by Gasteiger charge is -2.09. The van der Waals surface area contributed by atoms with Crippen molar-refractivity contribution in [2.45, 2.75) is 13.3 Å². The van der Waals surface area contributed by atoms with Crippen LogP contribution in [0.3, 0.4) is 0 Å². The second kappa shape index (κ2) is 9.94. The van der Waals surface area contributed by atoms with Crippen LogP contribution in [0.5, 0.6) is 11.6 Å². The van der Waals surface area contributed by atoms with E-state index in [1.54, 1.807) is 24.3 Å². The van der Waals surface area contributed by atoms with Crippen molar-refractivity contribution in [2.24, 2.45) is 0 Å². The van der Waals surface area contributed by atoms with E-state index in [1.165, 1.54) is 25.1 Å². The predicted molar refractivity (Wildman–Crippen MR) is 90.8 cm³/mol. The molecule has 0 N–H and O–H groups in total. The average Bonchev–Trinajstić information content (AvgIpc) is 2.54. The number of aromatic nitrogens is 1. The molecular weight excluding hydrogens is 368 g/mol. The van der Waals surface area contributed by atoms with Gasteiger partial charge in [0.05, 0.1) is 0 Å². The summed E-state index contributed by atoms with van der Waals surface area (Å²) in [5.74, 6) is -1.22. The molecule has 138 valence electrons. The van der Waals surface area contributed by atoms with Crippen molar-refractivity contribution in [1.29, 1.82) is 0 Å². The van der Waals surface area contributed by atoms with Gasteiger partial charge in [0.1, 0.15) is 17.9 Å². The third-order valence-corrected chi connectivity index (χ3v) is 2.89. The first-order valence-corrected chi connectivity index (χ1v) is 7.18. The number of carbonyl (C=O) groups is 2. The summed E-state index contributed by atoms with van der Waals surface area (Å²) in [5, 5.41) is 9.23. The Balaban J connectivity index is 0.00000338. The van der Waals surface area contributed by atoms with Gasteiger partial charge in [-0.3, -0.25) is 4.79 Å². The summed E-state index contributed by atoms with van der Waals surface area (Å²) in [5.41, 5.74) is 0.530. The standard InChI is InChI=1S/C16H14N2O7.ClH/c1-11(19)24-14-7-3-2-6-13(14)16(20)25-15-8-4-5-12(17-15)9-10-23-18(21)22;/h2-8H,9-10H2,1H3;1H. The summed E-state index contributed by atoms with van der Waals surface area (Å²) in [4.78, 5) is 41.8. The zero-order valence-corrected chi connectivity index (χ0v) is 14.4. The Morgan fingerprint density at radius 1 is 1.12 bits per heavy atom. The lowest BCUT2D eigenvalue weighted by Crippen LogP contribution is -2.13. The number of rotatable bonds is 7. The van der Waals surface area contributed by atoms with Gasteiger partial charge in [-0.25, -0.2) is 9.78 Å². The number of ether oxygens (including phenoxy) is 2. The van der Waals surface area contributed by atoms with Crippen molar-refractivity contribution in [3.63, 3.8) is 0 Å². The highest BCUT2D eigenvalue weighted by Gasteiger charge is 2.16. The second-order valence-electron chi connectivity index (χ2n) is 4.75. The lowest BCUT2D eigenvalue weighted by molar-refractivity contribution is -0.757. The van der Waals surface area contributed by atoms with Gasteiger partial charge in [-0.1, -0.05) is 18.2 Å². The summed E-state index contributed by atoms with van der Waals surface area (Å²) >= 11 is 0. The maximum Gasteiger partial charge on any atom is 0.348 e. The molecule has 1 heterocycles. The largest absolute Gasteiger partial charge is 0.426 e. The predicted octanol–water partition coefficient (Wildman–Crippen LogP) is 2.40. The van der Waals surface area contributed by atoms with Gasteiger partial charge in [-0.15, -0.1) is 22.5 Å². The molecule has 0 aliphatic rings. The SMILES string of the molecule is CC(=O)Oc1ccccc1C(=O)Oc1cccc(CCO[N+](=O)[O-])n1.Cl. The van der Waals surface area contributed by atoms with E-state index in [2.05, 4.69) is 9.82 Å². The minimum absolute atomic E-state index is 0. The molecule has 0 spiro atoms. The van der Waals surface area contributed by atoms with Crippen LogP contribution in [0, 0.1) is 10.1 Å². The Bertz CT molecular complexity index is 798. The quantitative estimate of drug-likeness (QED) is 0.310. The minimum atomic E-state index is -0.893. The lowest BCUT2D eigenvalue weighted by atomic mass is 10.2. The third-order valence-electron chi connectivity index (χ3n) is 2.89. The van der Waals surface area contributed by atoms with E-state index in [0.717, 1.165) is 0 Å². The molecular formula is C16H15ClN2O7. The zero-order chi connectivity index (χ0) is 18.2. The summed E-state index contributed by atoms with van der Waals surface area (Å²) < 4.78 is 10.1. The van der Waals surface area contributed by atoms with Crippen molar-refractivity contribution in [3.8, 4) is 11.6 Å². The van der Waals surface area contributed by atoms with Gasteiger partial charge >= 0.3 is 11.9 Å². The van der Waals surface area contributed by atoms with Gasteiger partial charge in [0.15, 0.2) is 0 Å². The van der Waals surface area contributed by atoms with E-state index in [-0.39, 0.29) is 42.6 Å². The molecule has 0 aliphatic heterocycles. The average molecular weight is 383 g/mol. The Kier molecular flexibility index (Phi) is 7.97. The van der Waals surface area contributed by atoms with Crippen LogP contribution in [0.1, 0.15) is 23.0 Å². The molecule has 26 heavy (non-hydrogen) atoms. The molecule has 1 aromatic carbocycles. The van der Waals surface area contributed by atoms with Crippen molar-refractivity contribution < 1.29 is 29.0 Å². The van der Waals surface area contributed by atoms with Gasteiger partial charge < -0.3 is 14.3 Å². The number of hydrogen-bond acceptors (Lipinski definition) is 8. The first-order chi connectivity index (χ1) is 12.0. The third kappa shape index (κ3) is 6.36. The molecule has 0 radical (unpaired) electrons. The van der Waals surface area contributed by atoms with Crippen molar-refractivity contribution >= 4 is 24.3 Å². The molecule has 10 heteroatoms. The van der Waals surface area contributed by atoms with Crippen LogP contribution in [-0.4, -0.2) is 28.6 Å². The van der Waals surface area contributed by atoms with Crippen LogP contribution < -0.4 is 9.47 Å². The fourth-order valence-corrected chi connectivity index (χ4v) is 1.91. The normalized spacial score (nSPS) is 9.58. The minimum Gasteiger partial charge on any atom is -0.426 e. The Morgan fingerprint density at radius 2 is 1.85 bits per heavy atom. The van der Waals surface area contributed by atoms with Crippen LogP contribution >= 0.6 is 12.4 Å². The van der Waals surface area contributed by atoms with E-state index >= 15 is 0 Å². The van der Waals surface area contributed by atoms with Gasteiger partial charge in [-0.05, 0) is 18.2 Å². The van der Waals surface area contributed by atoms with E-state index in [0.29, 0.717) is 5.69 Å². The molecule has 0 amide bonds. The van der Waals surface area contributed by atoms with Gasteiger partial charge in [0, 0.05) is 25.1 Å². The number of hydrogen-bond donors (Lipinski definition) is 0. The summed E-state index contributed by atoms with van der Waals surface area (Å²) in [6.07, 6.45) is 0.177. The van der Waals surface area contributed by atoms with Crippen LogP contribution in [0.4, 0.5) is 0 Å². The van der Waals surface area contributed by atoms with Crippen molar-refractivity contribution in [2.75, 3.05) is 6.61 Å². The molecule has 0 bridgehead atoms. The highest BCUT2D eigenvalue weighted by molar-refractivity contribution is 5.94. The van der Waals surface area contributed by atoms with Crippen LogP contribution in [0.15, 0.2) is 42.5 Å². The van der Waals surface area contributed by atoms with E-state index in [1.807, 2.05) is 0 Å². The molecule has 0 saturated heterocycles. The molecule has 0 fully saturated rings. The zero-order valence-electron chi connectivity index (χ0n) is 13.6. The molecule has 1 aromatic heterocycles. The fourth-order valence-electron chi connectivity index (χ4n) is 1.91. The summed E-state index contributed by atoms with van der Waals surface area (Å²) in [7, 11) is 0. The molecule has 0 aliphatic carbocycles. The molecule has 0 atom stereocenters. The summed E-state index contributed by atoms with van der Waals surface area (Å²) in [6, 6.07) is 10.8. The number of esters is 2. The summed E-state index contributed by atoms with van der Waals surface area (Å²) in [6.45, 7) is 1.06. The molecule has 0 saturated carbocycles. The Labute approximate surface area is 154 Å². The van der Waals surface area contributed by atoms with Gasteiger partial charge in [0.2, 0.25) is 5.88 Å². The van der Waals surface area contributed by atoms with E-state index < -0.39 is 17.0 Å². The van der Waals surface area contributed by atoms with Gasteiger partial charge in [0.25, 0.3) is 5.09 Å². The van der Waals surface area contributed by atoms with Crippen molar-refractivity contribution in [3.05, 3.63) is 63.8 Å². The van der Waals surface area contributed by atoms with Crippen LogP contribution in [0.25, 0.3) is 0 Å². The number of pyridine rings is 1. The number of halogens is 1. The Morgan fingerprint density at radius 3 is 2.54 bits per heavy atom. The highest BCUT2D eigenvalue weighted by Crippen LogP contribution is 2.20. The smallest absolute Gasteiger partial charge is 0.348 e. The first kappa shape index (κ1) is 20.8. The molecule has 2 aromatic rings. The number of benzene rings is 1. The maximum absolute atomic E-state index is 12.3. The molecule has 2 rings (SSSR count). The monoisotopic (exact) mass is 382 g/mol. The van der Waals surface area contributed by atoms with Crippen molar-refractivity contribution in [1.82, 2.24) is 4.98 Å². The molecule has 9 nitrogen and oxygen atoms in total. The second-order valence-corrected chi connectivity index (χ2v) is 4.75. The first-order valence-electron chi connectivity index (χ1n) is 7.18. The van der Waals surface area contributed by atoms with E-state index in [4.69, 9.17) is 9.47 Å². The number of nitrogens with zero attached hydrogens (tertiary/aromatic N) is 2. The van der Waals surface area contributed by atoms with Gasteiger partial charge in [-0.2, -0.15) is 0 Å². The highest BCUT2D eigenvalue weighted by atomic mass is 35.5.